The van der Waals surface area contributed by atoms with E-state index in [-0.39, 0.29) is 0 Å². The summed E-state index contributed by atoms with van der Waals surface area (Å²) in [6.07, 6.45) is 38.5. The molecule has 182 valence electrons. The van der Waals surface area contributed by atoms with Crippen LogP contribution in [-0.4, -0.2) is 8.80 Å². The van der Waals surface area contributed by atoms with Gasteiger partial charge in [0.05, 0.1) is 8.80 Å². The molecule has 1 unspecified atom stereocenters. The van der Waals surface area contributed by atoms with Gasteiger partial charge >= 0.3 is 0 Å². The Morgan fingerprint density at radius 2 is 0.871 bits per heavy atom. The van der Waals surface area contributed by atoms with Gasteiger partial charge in [-0.2, -0.15) is 0 Å². The molecule has 1 heterocycles. The summed E-state index contributed by atoms with van der Waals surface area (Å²) in [5, 5.41) is 1.88. The molecule has 0 aromatic heterocycles. The summed E-state index contributed by atoms with van der Waals surface area (Å²) in [6, 6.07) is 1.54. The van der Waals surface area contributed by atoms with E-state index >= 15 is 0 Å². The van der Waals surface area contributed by atoms with Gasteiger partial charge in [-0.1, -0.05) is 178 Å². The molecule has 1 aliphatic heterocycles. The van der Waals surface area contributed by atoms with Crippen LogP contribution in [0.25, 0.3) is 0 Å². The molecule has 0 nitrogen and oxygen atoms in total. The molecule has 1 atom stereocenters. The van der Waals surface area contributed by atoms with Crippen LogP contribution in [0.4, 0.5) is 0 Å². The Bertz CT molecular complexity index is 422. The van der Waals surface area contributed by atoms with E-state index in [0.717, 1.165) is 0 Å². The Balaban J connectivity index is 1.87. The first-order valence-electron chi connectivity index (χ1n) is 14.8. The molecule has 1 rings (SSSR count). The molecular formula is C30H58Si. The third kappa shape index (κ3) is 17.9. The van der Waals surface area contributed by atoms with Crippen LogP contribution in [0.3, 0.4) is 0 Å². The van der Waals surface area contributed by atoms with Crippen molar-refractivity contribution in [3.8, 4) is 0 Å². The van der Waals surface area contributed by atoms with Crippen molar-refractivity contribution in [3.05, 3.63) is 23.0 Å². The maximum absolute atomic E-state index is 2.62. The van der Waals surface area contributed by atoms with Crippen molar-refractivity contribution in [1.29, 1.82) is 0 Å². The molecule has 0 aromatic rings. The first-order valence-corrected chi connectivity index (χ1v) is 16.8. The largest absolute Gasteiger partial charge is 0.0932 e. The molecule has 0 spiro atoms. The van der Waals surface area contributed by atoms with Crippen LogP contribution in [-0.2, 0) is 0 Å². The van der Waals surface area contributed by atoms with Gasteiger partial charge in [0.15, 0.2) is 0 Å². The standard InChI is InChI=1S/C30H58Si/c1-3-5-7-9-11-13-15-17-19-21-23-26-30-27-25-29-31(30)28-24-22-20-18-16-14-12-10-8-6-4-2/h25,27,29,31H,3-24,26,28H2,1-2H3. The van der Waals surface area contributed by atoms with Crippen molar-refractivity contribution in [2.45, 2.75) is 168 Å². The predicted octanol–water partition coefficient (Wildman–Crippen LogP) is 10.8. The Morgan fingerprint density at radius 1 is 0.484 bits per heavy atom. The molecule has 31 heavy (non-hydrogen) atoms. The van der Waals surface area contributed by atoms with Crippen LogP contribution in [0.15, 0.2) is 23.0 Å². The second-order valence-electron chi connectivity index (χ2n) is 10.3. The molecule has 0 bridgehead atoms. The van der Waals surface area contributed by atoms with Crippen LogP contribution in [0.1, 0.15) is 162 Å². The lowest BCUT2D eigenvalue weighted by molar-refractivity contribution is 0.550. The zero-order valence-electron chi connectivity index (χ0n) is 21.8. The molecule has 0 aromatic carbocycles. The van der Waals surface area contributed by atoms with Gasteiger partial charge in [-0.15, -0.1) is 0 Å². The minimum atomic E-state index is -0.681. The van der Waals surface area contributed by atoms with Crippen molar-refractivity contribution >= 4 is 8.80 Å². The van der Waals surface area contributed by atoms with Crippen LogP contribution in [0.5, 0.6) is 0 Å². The average Bonchev–Trinajstić information content (AvgIpc) is 3.23. The smallest absolute Gasteiger partial charge is 0.0888 e. The summed E-state index contributed by atoms with van der Waals surface area (Å²) < 4.78 is 0. The molecule has 1 heteroatoms. The second-order valence-corrected chi connectivity index (χ2v) is 13.3. The summed E-state index contributed by atoms with van der Waals surface area (Å²) in [4.78, 5) is 0. The summed E-state index contributed by atoms with van der Waals surface area (Å²) in [5.41, 5.74) is 2.62. The topological polar surface area (TPSA) is 0 Å². The molecule has 0 fully saturated rings. The molecule has 0 saturated carbocycles. The van der Waals surface area contributed by atoms with Crippen molar-refractivity contribution in [2.24, 2.45) is 0 Å². The highest BCUT2D eigenvalue weighted by molar-refractivity contribution is 6.72. The van der Waals surface area contributed by atoms with Crippen molar-refractivity contribution in [1.82, 2.24) is 0 Å². The zero-order chi connectivity index (χ0) is 22.2. The monoisotopic (exact) mass is 446 g/mol. The molecule has 0 radical (unpaired) electrons. The van der Waals surface area contributed by atoms with Gasteiger partial charge in [0.1, 0.15) is 0 Å². The van der Waals surface area contributed by atoms with E-state index in [1.54, 1.807) is 0 Å². The molecule has 0 aliphatic carbocycles. The summed E-state index contributed by atoms with van der Waals surface area (Å²) in [7, 11) is -0.681. The number of hydrogen-bond acceptors (Lipinski definition) is 0. The van der Waals surface area contributed by atoms with E-state index in [2.05, 4.69) is 31.7 Å². The van der Waals surface area contributed by atoms with E-state index in [9.17, 15) is 0 Å². The predicted molar refractivity (Wildman–Crippen MR) is 147 cm³/mol. The summed E-state index contributed by atoms with van der Waals surface area (Å²) in [5.74, 6) is 0. The van der Waals surface area contributed by atoms with E-state index in [1.165, 1.54) is 154 Å². The number of rotatable bonds is 24. The second kappa shape index (κ2) is 22.9. The fourth-order valence-electron chi connectivity index (χ4n) is 5.13. The highest BCUT2D eigenvalue weighted by Crippen LogP contribution is 2.23. The van der Waals surface area contributed by atoms with Gasteiger partial charge in [0.2, 0.25) is 0 Å². The number of allylic oxidation sites excluding steroid dienone is 3. The van der Waals surface area contributed by atoms with Gasteiger partial charge in [0.25, 0.3) is 0 Å². The van der Waals surface area contributed by atoms with Crippen LogP contribution >= 0.6 is 0 Å². The van der Waals surface area contributed by atoms with Gasteiger partial charge in [-0.3, -0.25) is 0 Å². The minimum Gasteiger partial charge on any atom is -0.0932 e. The fraction of sp³-hybridized carbons (Fsp3) is 0.867. The van der Waals surface area contributed by atoms with Gasteiger partial charge in [0, 0.05) is 0 Å². The Labute approximate surface area is 199 Å². The van der Waals surface area contributed by atoms with Crippen LogP contribution in [0, 0.1) is 0 Å². The Kier molecular flexibility index (Phi) is 21.2. The van der Waals surface area contributed by atoms with Crippen molar-refractivity contribution in [3.63, 3.8) is 0 Å². The summed E-state index contributed by atoms with van der Waals surface area (Å²) in [6.45, 7) is 4.61. The quantitative estimate of drug-likeness (QED) is 0.102. The lowest BCUT2D eigenvalue weighted by Gasteiger charge is -2.12. The highest BCUT2D eigenvalue weighted by atomic mass is 28.3. The van der Waals surface area contributed by atoms with E-state index in [1.807, 2.05) is 5.20 Å². The van der Waals surface area contributed by atoms with Crippen molar-refractivity contribution < 1.29 is 0 Å². The molecular weight excluding hydrogens is 388 g/mol. The Hall–Kier alpha value is -0.303. The van der Waals surface area contributed by atoms with Gasteiger partial charge in [-0.25, -0.2) is 0 Å². The molecule has 0 amide bonds. The highest BCUT2D eigenvalue weighted by Gasteiger charge is 2.15. The van der Waals surface area contributed by atoms with Crippen molar-refractivity contribution in [2.75, 3.05) is 0 Å². The van der Waals surface area contributed by atoms with E-state index < -0.39 is 8.80 Å². The maximum atomic E-state index is 2.62. The lowest BCUT2D eigenvalue weighted by atomic mass is 10.1. The Morgan fingerprint density at radius 3 is 1.32 bits per heavy atom. The third-order valence-electron chi connectivity index (χ3n) is 7.32. The zero-order valence-corrected chi connectivity index (χ0v) is 22.9. The first kappa shape index (κ1) is 28.7. The number of hydrogen-bond donors (Lipinski definition) is 0. The lowest BCUT2D eigenvalue weighted by Crippen LogP contribution is -2.11. The number of unbranched alkanes of at least 4 members (excludes halogenated alkanes) is 20. The SMILES string of the molecule is CCCCCCCCCCCCCC1=CC=C[SiH]1CCCCCCCCCCCCC. The van der Waals surface area contributed by atoms with Gasteiger partial charge < -0.3 is 0 Å². The fourth-order valence-corrected chi connectivity index (χ4v) is 7.98. The first-order chi connectivity index (χ1) is 15.4. The normalized spacial score (nSPS) is 15.7. The average molecular weight is 447 g/mol. The molecule has 1 aliphatic rings. The van der Waals surface area contributed by atoms with Gasteiger partial charge in [-0.05, 0) is 12.8 Å². The minimum absolute atomic E-state index is 0.681. The van der Waals surface area contributed by atoms with E-state index in [0.29, 0.717) is 0 Å². The van der Waals surface area contributed by atoms with Crippen LogP contribution in [0.2, 0.25) is 6.04 Å². The summed E-state index contributed by atoms with van der Waals surface area (Å²) >= 11 is 0. The third-order valence-corrected chi connectivity index (χ3v) is 10.5. The van der Waals surface area contributed by atoms with Crippen LogP contribution < -0.4 is 0 Å². The maximum Gasteiger partial charge on any atom is 0.0888 e. The molecule has 0 saturated heterocycles. The van der Waals surface area contributed by atoms with E-state index in [4.69, 9.17) is 0 Å². The molecule has 0 N–H and O–H groups in total.